The van der Waals surface area contributed by atoms with Crippen LogP contribution < -0.4 is 10.6 Å². The first-order valence-corrected chi connectivity index (χ1v) is 5.95. The Morgan fingerprint density at radius 1 is 0.900 bits per heavy atom. The van der Waals surface area contributed by atoms with E-state index in [-0.39, 0.29) is 6.03 Å². The monoisotopic (exact) mass is 266 g/mol. The number of para-hydroxylation sites is 1. The van der Waals surface area contributed by atoms with Gasteiger partial charge in [0.2, 0.25) is 0 Å². The number of nitrogens with zero attached hydrogens (tertiary/aromatic N) is 2. The summed E-state index contributed by atoms with van der Waals surface area (Å²) in [5.74, 6) is -0.396. The molecule has 1 heterocycles. The van der Waals surface area contributed by atoms with Gasteiger partial charge in [0, 0.05) is 11.4 Å². The largest absolute Gasteiger partial charge is 0.323 e. The molecular formula is C14H10N4O2. The van der Waals surface area contributed by atoms with Crippen molar-refractivity contribution >= 4 is 29.0 Å². The Morgan fingerprint density at radius 3 is 2.45 bits per heavy atom. The van der Waals surface area contributed by atoms with Crippen LogP contribution in [0.5, 0.6) is 0 Å². The van der Waals surface area contributed by atoms with Gasteiger partial charge in [0.15, 0.2) is 0 Å². The third-order valence-corrected chi connectivity index (χ3v) is 2.77. The van der Waals surface area contributed by atoms with E-state index in [0.29, 0.717) is 22.6 Å². The molecule has 0 bridgehead atoms. The zero-order valence-electron chi connectivity index (χ0n) is 10.3. The fourth-order valence-corrected chi connectivity index (χ4v) is 1.84. The summed E-state index contributed by atoms with van der Waals surface area (Å²) >= 11 is 0. The number of fused-ring (bicyclic) bond motifs is 1. The number of hydrogen-bond acceptors (Lipinski definition) is 3. The summed E-state index contributed by atoms with van der Waals surface area (Å²) in [6.07, 6.45) is 0. The second-order valence-electron chi connectivity index (χ2n) is 4.18. The molecule has 0 aromatic heterocycles. The Bertz CT molecular complexity index is 710. The molecule has 2 aromatic carbocycles. The number of azo groups is 1. The minimum Gasteiger partial charge on any atom is -0.308 e. The highest BCUT2D eigenvalue weighted by Crippen LogP contribution is 2.29. The van der Waals surface area contributed by atoms with Crippen LogP contribution in [-0.4, -0.2) is 11.9 Å². The normalized spacial score (nSPS) is 12.1. The smallest absolute Gasteiger partial charge is 0.308 e. The lowest BCUT2D eigenvalue weighted by Gasteiger charge is -2.08. The highest BCUT2D eigenvalue weighted by atomic mass is 16.2. The summed E-state index contributed by atoms with van der Waals surface area (Å²) in [5, 5.41) is 12.5. The Kier molecular flexibility index (Phi) is 2.96. The number of carbonyl (C=O) groups is 2. The molecule has 20 heavy (non-hydrogen) atoms. The van der Waals surface area contributed by atoms with E-state index < -0.39 is 5.91 Å². The van der Waals surface area contributed by atoms with Crippen LogP contribution in [0, 0.1) is 0 Å². The lowest BCUT2D eigenvalue weighted by atomic mass is 10.1. The topological polar surface area (TPSA) is 82.9 Å². The number of rotatable bonds is 2. The Hall–Kier alpha value is -3.02. The van der Waals surface area contributed by atoms with Crippen LogP contribution in [-0.2, 0) is 0 Å². The maximum atomic E-state index is 11.8. The van der Waals surface area contributed by atoms with E-state index in [1.54, 1.807) is 30.3 Å². The van der Waals surface area contributed by atoms with E-state index in [9.17, 15) is 9.59 Å². The van der Waals surface area contributed by atoms with Gasteiger partial charge in [-0.15, -0.1) is 10.2 Å². The second kappa shape index (κ2) is 4.93. The Balaban J connectivity index is 1.71. The highest BCUT2D eigenvalue weighted by Gasteiger charge is 2.17. The predicted molar refractivity (Wildman–Crippen MR) is 74.4 cm³/mol. The molecule has 0 spiro atoms. The molecular weight excluding hydrogens is 256 g/mol. The van der Waals surface area contributed by atoms with Gasteiger partial charge in [-0.05, 0) is 30.3 Å². The molecule has 0 saturated carbocycles. The first-order valence-electron chi connectivity index (χ1n) is 5.95. The quantitative estimate of drug-likeness (QED) is 0.870. The SMILES string of the molecule is O=C(Nc1ccccc1)Nc1ccc2c(c1)C(=O)N=N2. The van der Waals surface area contributed by atoms with Crippen molar-refractivity contribution in [2.24, 2.45) is 10.2 Å². The molecule has 6 heteroatoms. The van der Waals surface area contributed by atoms with Gasteiger partial charge >= 0.3 is 6.03 Å². The van der Waals surface area contributed by atoms with Crippen LogP contribution in [0.2, 0.25) is 0 Å². The standard InChI is InChI=1S/C14H10N4O2/c19-13-11-8-10(6-7-12(11)17-18-13)16-14(20)15-9-4-2-1-3-5-9/h1-8H,(H2,15,16,20). The zero-order chi connectivity index (χ0) is 13.9. The van der Waals surface area contributed by atoms with E-state index in [4.69, 9.17) is 0 Å². The first kappa shape index (κ1) is 12.0. The zero-order valence-corrected chi connectivity index (χ0v) is 10.3. The molecule has 1 aliphatic heterocycles. The number of benzene rings is 2. The fourth-order valence-electron chi connectivity index (χ4n) is 1.84. The maximum absolute atomic E-state index is 11.8. The lowest BCUT2D eigenvalue weighted by Crippen LogP contribution is -2.19. The molecule has 0 saturated heterocycles. The maximum Gasteiger partial charge on any atom is 0.323 e. The van der Waals surface area contributed by atoms with E-state index in [1.165, 1.54) is 0 Å². The second-order valence-corrected chi connectivity index (χ2v) is 4.18. The van der Waals surface area contributed by atoms with Crippen molar-refractivity contribution in [3.8, 4) is 0 Å². The van der Waals surface area contributed by atoms with Gasteiger partial charge in [0.25, 0.3) is 5.91 Å². The van der Waals surface area contributed by atoms with E-state index in [0.717, 1.165) is 0 Å². The molecule has 0 unspecified atom stereocenters. The molecule has 0 fully saturated rings. The molecule has 0 aliphatic carbocycles. The van der Waals surface area contributed by atoms with Gasteiger partial charge in [-0.1, -0.05) is 18.2 Å². The number of hydrogen-bond donors (Lipinski definition) is 2. The van der Waals surface area contributed by atoms with E-state index in [2.05, 4.69) is 20.9 Å². The Morgan fingerprint density at radius 2 is 1.65 bits per heavy atom. The third-order valence-electron chi connectivity index (χ3n) is 2.77. The van der Waals surface area contributed by atoms with Crippen molar-refractivity contribution in [1.29, 1.82) is 0 Å². The van der Waals surface area contributed by atoms with Gasteiger partial charge < -0.3 is 10.6 Å². The van der Waals surface area contributed by atoms with Gasteiger partial charge in [-0.2, -0.15) is 0 Å². The van der Waals surface area contributed by atoms with E-state index in [1.807, 2.05) is 18.2 Å². The number of amides is 3. The molecule has 98 valence electrons. The molecule has 3 rings (SSSR count). The average molecular weight is 266 g/mol. The lowest BCUT2D eigenvalue weighted by molar-refractivity contribution is 0.100. The first-order chi connectivity index (χ1) is 9.72. The summed E-state index contributed by atoms with van der Waals surface area (Å²) in [5.41, 5.74) is 2.11. The summed E-state index contributed by atoms with van der Waals surface area (Å²) in [7, 11) is 0. The van der Waals surface area contributed by atoms with Crippen LogP contribution in [0.25, 0.3) is 0 Å². The van der Waals surface area contributed by atoms with Crippen LogP contribution in [0.15, 0.2) is 58.8 Å². The van der Waals surface area contributed by atoms with Gasteiger partial charge in [0.05, 0.1) is 11.3 Å². The summed E-state index contributed by atoms with van der Waals surface area (Å²) in [4.78, 5) is 23.2. The summed E-state index contributed by atoms with van der Waals surface area (Å²) < 4.78 is 0. The fraction of sp³-hybridized carbons (Fsp3) is 0. The van der Waals surface area contributed by atoms with E-state index >= 15 is 0 Å². The van der Waals surface area contributed by atoms with Crippen LogP contribution in [0.3, 0.4) is 0 Å². The number of anilines is 2. The van der Waals surface area contributed by atoms with Crippen molar-refractivity contribution < 1.29 is 9.59 Å². The summed E-state index contributed by atoms with van der Waals surface area (Å²) in [6, 6.07) is 13.6. The molecule has 2 N–H and O–H groups in total. The van der Waals surface area contributed by atoms with Crippen molar-refractivity contribution in [3.05, 3.63) is 54.1 Å². The molecule has 3 amide bonds. The van der Waals surface area contributed by atoms with Gasteiger partial charge in [-0.25, -0.2) is 4.79 Å². The Labute approximate surface area is 114 Å². The average Bonchev–Trinajstić information content (AvgIpc) is 2.81. The molecule has 6 nitrogen and oxygen atoms in total. The molecule has 1 aliphatic rings. The van der Waals surface area contributed by atoms with Crippen LogP contribution >= 0.6 is 0 Å². The van der Waals surface area contributed by atoms with Crippen LogP contribution in [0.1, 0.15) is 10.4 Å². The minimum absolute atomic E-state index is 0.379. The number of urea groups is 1. The van der Waals surface area contributed by atoms with Crippen molar-refractivity contribution in [2.75, 3.05) is 10.6 Å². The molecule has 0 atom stereocenters. The van der Waals surface area contributed by atoms with Crippen molar-refractivity contribution in [1.82, 2.24) is 0 Å². The van der Waals surface area contributed by atoms with Crippen molar-refractivity contribution in [3.63, 3.8) is 0 Å². The molecule has 2 aromatic rings. The van der Waals surface area contributed by atoms with Gasteiger partial charge in [0.1, 0.15) is 0 Å². The highest BCUT2D eigenvalue weighted by molar-refractivity contribution is 6.05. The van der Waals surface area contributed by atoms with Crippen LogP contribution in [0.4, 0.5) is 21.9 Å². The number of carbonyl (C=O) groups excluding carboxylic acids is 2. The predicted octanol–water partition coefficient (Wildman–Crippen LogP) is 3.57. The van der Waals surface area contributed by atoms with Gasteiger partial charge in [-0.3, -0.25) is 4.79 Å². The third kappa shape index (κ3) is 2.39. The minimum atomic E-state index is -0.396. The summed E-state index contributed by atoms with van der Waals surface area (Å²) in [6.45, 7) is 0. The molecule has 0 radical (unpaired) electrons. The number of nitrogens with one attached hydrogen (secondary N) is 2. The van der Waals surface area contributed by atoms with Crippen molar-refractivity contribution in [2.45, 2.75) is 0 Å².